The third-order valence-electron chi connectivity index (χ3n) is 3.50. The predicted octanol–water partition coefficient (Wildman–Crippen LogP) is 3.15. The molecule has 0 aliphatic carbocycles. The van der Waals surface area contributed by atoms with Gasteiger partial charge in [0.05, 0.1) is 0 Å². The summed E-state index contributed by atoms with van der Waals surface area (Å²) in [5.41, 5.74) is 16.1. The lowest BCUT2D eigenvalue weighted by atomic mass is 9.85. The number of nitrogens with two attached hydrogens (primary N) is 2. The normalized spacial score (nSPS) is 13.3. The maximum atomic E-state index is 6.17. The summed E-state index contributed by atoms with van der Waals surface area (Å²) in [6, 6.07) is 6.82. The minimum atomic E-state index is 0.174. The molecule has 2 nitrogen and oxygen atoms in total. The van der Waals surface area contributed by atoms with Crippen LogP contribution >= 0.6 is 0 Å². The van der Waals surface area contributed by atoms with Crippen LogP contribution in [-0.2, 0) is 6.42 Å². The molecular formula is C16H28N2. The van der Waals surface area contributed by atoms with E-state index in [-0.39, 0.29) is 6.04 Å². The van der Waals surface area contributed by atoms with Crippen molar-refractivity contribution < 1.29 is 0 Å². The number of rotatable bonds is 6. The van der Waals surface area contributed by atoms with Crippen LogP contribution in [0, 0.1) is 0 Å². The van der Waals surface area contributed by atoms with Gasteiger partial charge in [-0.1, -0.05) is 45.9 Å². The molecule has 102 valence electrons. The van der Waals surface area contributed by atoms with Gasteiger partial charge in [-0.3, -0.25) is 0 Å². The summed E-state index contributed by atoms with van der Waals surface area (Å²) in [5, 5.41) is 0. The zero-order valence-corrected chi connectivity index (χ0v) is 12.2. The van der Waals surface area contributed by atoms with Gasteiger partial charge in [-0.05, 0) is 47.9 Å². The predicted molar refractivity (Wildman–Crippen MR) is 80.0 cm³/mol. The second kappa shape index (κ2) is 6.91. The van der Waals surface area contributed by atoms with Gasteiger partial charge in [0.25, 0.3) is 0 Å². The van der Waals surface area contributed by atoms with Crippen LogP contribution in [0.15, 0.2) is 18.2 Å². The lowest BCUT2D eigenvalue weighted by molar-refractivity contribution is 0.607. The molecular weight excluding hydrogens is 220 g/mol. The van der Waals surface area contributed by atoms with E-state index in [9.17, 15) is 0 Å². The van der Waals surface area contributed by atoms with Gasteiger partial charge in [0, 0.05) is 6.04 Å². The van der Waals surface area contributed by atoms with Gasteiger partial charge < -0.3 is 11.5 Å². The van der Waals surface area contributed by atoms with Crippen LogP contribution in [0.5, 0.6) is 0 Å². The zero-order valence-electron chi connectivity index (χ0n) is 12.2. The van der Waals surface area contributed by atoms with Crippen molar-refractivity contribution >= 4 is 0 Å². The van der Waals surface area contributed by atoms with E-state index in [1.54, 1.807) is 0 Å². The highest BCUT2D eigenvalue weighted by Gasteiger charge is 2.15. The molecule has 1 aromatic rings. The molecule has 0 saturated carbocycles. The molecule has 0 spiro atoms. The Hall–Kier alpha value is -0.860. The highest BCUT2D eigenvalue weighted by atomic mass is 14.6. The minimum absolute atomic E-state index is 0.174. The van der Waals surface area contributed by atoms with E-state index < -0.39 is 0 Å². The van der Waals surface area contributed by atoms with Crippen LogP contribution in [0.1, 0.15) is 62.6 Å². The van der Waals surface area contributed by atoms with Crippen LogP contribution in [0.3, 0.4) is 0 Å². The van der Waals surface area contributed by atoms with Crippen LogP contribution in [0.4, 0.5) is 0 Å². The molecule has 1 atom stereocenters. The molecule has 0 radical (unpaired) electrons. The summed E-state index contributed by atoms with van der Waals surface area (Å²) in [6.45, 7) is 9.66. The molecule has 1 rings (SSSR count). The lowest BCUT2D eigenvalue weighted by Gasteiger charge is -2.22. The van der Waals surface area contributed by atoms with Crippen molar-refractivity contribution in [2.45, 2.75) is 58.4 Å². The molecule has 0 bridgehead atoms. The zero-order chi connectivity index (χ0) is 13.7. The van der Waals surface area contributed by atoms with E-state index in [2.05, 4.69) is 45.9 Å². The average molecular weight is 248 g/mol. The SMILES string of the molecule is CC(C)c1cccc(C(C)C)c1CC(N)CCN. The Kier molecular flexibility index (Phi) is 5.83. The lowest BCUT2D eigenvalue weighted by Crippen LogP contribution is -2.27. The van der Waals surface area contributed by atoms with E-state index in [1.807, 2.05) is 0 Å². The second-order valence-electron chi connectivity index (χ2n) is 5.77. The molecule has 0 aliphatic heterocycles. The average Bonchev–Trinajstić information content (AvgIpc) is 2.28. The van der Waals surface area contributed by atoms with Crippen LogP contribution < -0.4 is 11.5 Å². The standard InChI is InChI=1S/C16H28N2/c1-11(2)14-6-5-7-15(12(3)4)16(14)10-13(18)8-9-17/h5-7,11-13H,8-10,17-18H2,1-4H3. The van der Waals surface area contributed by atoms with E-state index in [4.69, 9.17) is 11.5 Å². The molecule has 0 aromatic heterocycles. The van der Waals surface area contributed by atoms with Gasteiger partial charge in [0.15, 0.2) is 0 Å². The summed E-state index contributed by atoms with van der Waals surface area (Å²) in [5.74, 6) is 1.09. The van der Waals surface area contributed by atoms with Crippen molar-refractivity contribution in [1.82, 2.24) is 0 Å². The Morgan fingerprint density at radius 2 is 1.50 bits per heavy atom. The number of benzene rings is 1. The first-order valence-electron chi connectivity index (χ1n) is 7.04. The van der Waals surface area contributed by atoms with E-state index in [0.29, 0.717) is 18.4 Å². The molecule has 0 amide bonds. The monoisotopic (exact) mass is 248 g/mol. The van der Waals surface area contributed by atoms with Crippen LogP contribution in [0.2, 0.25) is 0 Å². The van der Waals surface area contributed by atoms with Gasteiger partial charge in [0.1, 0.15) is 0 Å². The van der Waals surface area contributed by atoms with Crippen molar-refractivity contribution in [2.24, 2.45) is 11.5 Å². The highest BCUT2D eigenvalue weighted by Crippen LogP contribution is 2.28. The highest BCUT2D eigenvalue weighted by molar-refractivity contribution is 5.39. The topological polar surface area (TPSA) is 52.0 Å². The van der Waals surface area contributed by atoms with E-state index >= 15 is 0 Å². The molecule has 1 aromatic carbocycles. The van der Waals surface area contributed by atoms with Crippen molar-refractivity contribution in [3.63, 3.8) is 0 Å². The molecule has 18 heavy (non-hydrogen) atoms. The molecule has 4 N–H and O–H groups in total. The first-order chi connectivity index (χ1) is 8.47. The van der Waals surface area contributed by atoms with E-state index in [0.717, 1.165) is 12.8 Å². The number of hydrogen-bond acceptors (Lipinski definition) is 2. The maximum absolute atomic E-state index is 6.17. The van der Waals surface area contributed by atoms with Crippen LogP contribution in [0.25, 0.3) is 0 Å². The fraction of sp³-hybridized carbons (Fsp3) is 0.625. The molecule has 0 fully saturated rings. The largest absolute Gasteiger partial charge is 0.330 e. The summed E-state index contributed by atoms with van der Waals surface area (Å²) in [7, 11) is 0. The summed E-state index contributed by atoms with van der Waals surface area (Å²) in [6.07, 6.45) is 1.84. The molecule has 0 saturated heterocycles. The minimum Gasteiger partial charge on any atom is -0.330 e. The van der Waals surface area contributed by atoms with Gasteiger partial charge in [0.2, 0.25) is 0 Å². The molecule has 1 unspecified atom stereocenters. The first kappa shape index (κ1) is 15.2. The number of hydrogen-bond donors (Lipinski definition) is 2. The van der Waals surface area contributed by atoms with E-state index in [1.165, 1.54) is 16.7 Å². The molecule has 0 aliphatic rings. The Labute approximate surface area is 112 Å². The Morgan fingerprint density at radius 3 is 1.89 bits per heavy atom. The summed E-state index contributed by atoms with van der Waals surface area (Å²) >= 11 is 0. The Balaban J connectivity index is 3.10. The third kappa shape index (κ3) is 3.82. The van der Waals surface area contributed by atoms with Gasteiger partial charge >= 0.3 is 0 Å². The smallest absolute Gasteiger partial charge is 0.00915 e. The van der Waals surface area contributed by atoms with Gasteiger partial charge in [-0.25, -0.2) is 0 Å². The van der Waals surface area contributed by atoms with Crippen LogP contribution in [-0.4, -0.2) is 12.6 Å². The second-order valence-corrected chi connectivity index (χ2v) is 5.77. The van der Waals surface area contributed by atoms with Crippen molar-refractivity contribution in [3.8, 4) is 0 Å². The maximum Gasteiger partial charge on any atom is 0.00915 e. The summed E-state index contributed by atoms with van der Waals surface area (Å²) in [4.78, 5) is 0. The Morgan fingerprint density at radius 1 is 1.00 bits per heavy atom. The fourth-order valence-electron chi connectivity index (χ4n) is 2.52. The summed E-state index contributed by atoms with van der Waals surface area (Å²) < 4.78 is 0. The van der Waals surface area contributed by atoms with Gasteiger partial charge in [-0.15, -0.1) is 0 Å². The quantitative estimate of drug-likeness (QED) is 0.812. The van der Waals surface area contributed by atoms with Gasteiger partial charge in [-0.2, -0.15) is 0 Å². The first-order valence-corrected chi connectivity index (χ1v) is 7.04. The fourth-order valence-corrected chi connectivity index (χ4v) is 2.52. The van der Waals surface area contributed by atoms with Crippen molar-refractivity contribution in [1.29, 1.82) is 0 Å². The third-order valence-corrected chi connectivity index (χ3v) is 3.50. The Bertz CT molecular complexity index is 343. The van der Waals surface area contributed by atoms with Crippen molar-refractivity contribution in [2.75, 3.05) is 6.54 Å². The van der Waals surface area contributed by atoms with Crippen molar-refractivity contribution in [3.05, 3.63) is 34.9 Å². The molecule has 0 heterocycles. The molecule has 2 heteroatoms.